The first-order chi connectivity index (χ1) is 14.8. The van der Waals surface area contributed by atoms with Crippen molar-refractivity contribution in [3.05, 3.63) is 12.2 Å². The first-order valence-corrected chi connectivity index (χ1v) is 12.2. The van der Waals surface area contributed by atoms with E-state index in [1.54, 1.807) is 6.92 Å². The van der Waals surface area contributed by atoms with Crippen molar-refractivity contribution >= 4 is 51.0 Å². The Kier molecular flexibility index (Phi) is 14.3. The molecule has 0 aromatic carbocycles. The van der Waals surface area contributed by atoms with Crippen LogP contribution in [0.4, 0.5) is 0 Å². The molecule has 1 heterocycles. The first-order valence-electron chi connectivity index (χ1n) is 10.1. The molecule has 3 amide bonds. The van der Waals surface area contributed by atoms with Crippen molar-refractivity contribution in [1.29, 1.82) is 0 Å². The highest BCUT2D eigenvalue weighted by Crippen LogP contribution is 2.05. The number of thioether (sulfide) groups is 1. The number of rotatable bonds is 16. The van der Waals surface area contributed by atoms with Gasteiger partial charge in [-0.25, -0.2) is 0 Å². The summed E-state index contributed by atoms with van der Waals surface area (Å²) in [7, 11) is 0. The number of hydrogen-bond donors (Lipinski definition) is 3. The Labute approximate surface area is 190 Å². The Hall–Kier alpha value is -1.53. The minimum absolute atomic E-state index is 0.00456. The number of ether oxygens (including phenoxy) is 2. The number of aliphatic hydroxyl groups is 1. The molecule has 0 spiro atoms. The van der Waals surface area contributed by atoms with Crippen molar-refractivity contribution < 1.29 is 33.8 Å². The molecule has 0 radical (unpaired) electrons. The molecule has 2 N–H and O–H groups in total. The largest absolute Gasteiger partial charge is 0.379 e. The number of aliphatic hydroxyl groups excluding tert-OH is 1. The molecule has 0 aromatic heterocycles. The van der Waals surface area contributed by atoms with E-state index in [2.05, 4.69) is 5.32 Å². The summed E-state index contributed by atoms with van der Waals surface area (Å²) in [6.07, 6.45) is 3.86. The number of amides is 3. The lowest BCUT2D eigenvalue weighted by molar-refractivity contribution is -0.137. The third kappa shape index (κ3) is 13.5. The predicted octanol–water partition coefficient (Wildman–Crippen LogP) is 1.05. The summed E-state index contributed by atoms with van der Waals surface area (Å²) in [4.78, 5) is 47.4. The minimum Gasteiger partial charge on any atom is -0.379 e. The van der Waals surface area contributed by atoms with Crippen LogP contribution in [-0.4, -0.2) is 88.4 Å². The van der Waals surface area contributed by atoms with Gasteiger partial charge in [0.25, 0.3) is 11.8 Å². The molecule has 31 heavy (non-hydrogen) atoms. The lowest BCUT2D eigenvalue weighted by Gasteiger charge is -2.20. The van der Waals surface area contributed by atoms with Gasteiger partial charge in [0.2, 0.25) is 5.91 Å². The number of imide groups is 1. The Morgan fingerprint density at radius 1 is 1.13 bits per heavy atom. The molecule has 0 fully saturated rings. The number of hydrogen-bond acceptors (Lipinski definition) is 7. The summed E-state index contributed by atoms with van der Waals surface area (Å²) in [5.41, 5.74) is 0. The van der Waals surface area contributed by atoms with Crippen LogP contribution < -0.4 is 5.32 Å². The van der Waals surface area contributed by atoms with Crippen molar-refractivity contribution in [2.24, 2.45) is 0 Å². The second-order valence-corrected chi connectivity index (χ2v) is 9.48. The van der Waals surface area contributed by atoms with E-state index in [0.717, 1.165) is 28.4 Å². The Balaban J connectivity index is 2.37. The van der Waals surface area contributed by atoms with Crippen LogP contribution in [0.3, 0.4) is 0 Å². The fraction of sp³-hybridized carbons (Fsp3) is 0.650. The maximum absolute atomic E-state index is 12.3. The van der Waals surface area contributed by atoms with Gasteiger partial charge in [-0.15, -0.1) is 0 Å². The van der Waals surface area contributed by atoms with Gasteiger partial charge in [-0.3, -0.25) is 24.1 Å². The third-order valence-corrected chi connectivity index (χ3v) is 5.89. The van der Waals surface area contributed by atoms with E-state index < -0.39 is 11.8 Å². The maximum atomic E-state index is 12.3. The average molecular weight is 477 g/mol. The smallest absolute Gasteiger partial charge is 0.253 e. The number of carbonyl (C=O) groups is 4. The molecule has 11 heteroatoms. The first kappa shape index (κ1) is 27.5. The van der Waals surface area contributed by atoms with Gasteiger partial charge in [0.05, 0.1) is 24.3 Å². The molecular formula is C20H32N2O7S2. The average Bonchev–Trinajstić information content (AvgIpc) is 3.02. The van der Waals surface area contributed by atoms with Crippen molar-refractivity contribution in [2.45, 2.75) is 39.2 Å². The molecule has 0 bridgehead atoms. The van der Waals surface area contributed by atoms with E-state index in [-0.39, 0.29) is 43.2 Å². The van der Waals surface area contributed by atoms with Crippen molar-refractivity contribution in [1.82, 2.24) is 10.2 Å². The summed E-state index contributed by atoms with van der Waals surface area (Å²) in [6.45, 7) is 4.65. The topological polar surface area (TPSA) is 122 Å². The zero-order chi connectivity index (χ0) is 23.1. The van der Waals surface area contributed by atoms with Crippen LogP contribution in [0.15, 0.2) is 12.2 Å². The summed E-state index contributed by atoms with van der Waals surface area (Å²) in [5.74, 6) is 0.323. The summed E-state index contributed by atoms with van der Waals surface area (Å²) >= 11 is 2.12. The number of nitrogens with one attached hydrogen (secondary N) is 1. The van der Waals surface area contributed by atoms with Crippen molar-refractivity contribution in [2.75, 3.05) is 44.5 Å². The quantitative estimate of drug-likeness (QED) is 0.131. The normalized spacial score (nSPS) is 15.2. The van der Waals surface area contributed by atoms with Gasteiger partial charge in [-0.1, -0.05) is 11.8 Å². The van der Waals surface area contributed by atoms with Gasteiger partial charge in [-0.2, -0.15) is 11.4 Å². The minimum atomic E-state index is -0.418. The third-order valence-electron chi connectivity index (χ3n) is 3.99. The molecule has 1 atom stereocenters. The van der Waals surface area contributed by atoms with E-state index in [9.17, 15) is 24.3 Å². The molecule has 9 nitrogen and oxygen atoms in total. The fourth-order valence-electron chi connectivity index (χ4n) is 2.53. The van der Waals surface area contributed by atoms with E-state index in [1.165, 1.54) is 30.8 Å². The highest BCUT2D eigenvalue weighted by atomic mass is 32.2. The Morgan fingerprint density at radius 2 is 1.74 bits per heavy atom. The predicted molar refractivity (Wildman–Crippen MR) is 124 cm³/mol. The highest BCUT2D eigenvalue weighted by molar-refractivity contribution is 8.13. The van der Waals surface area contributed by atoms with Crippen LogP contribution in [0.2, 0.25) is 0 Å². The molecule has 1 unspecified atom stereocenters. The molecule has 0 saturated carbocycles. The van der Waals surface area contributed by atoms with Crippen LogP contribution in [-0.2, 0) is 28.7 Å². The monoisotopic (exact) mass is 476 g/mol. The van der Waals surface area contributed by atoms with Gasteiger partial charge in [0.1, 0.15) is 0 Å². The molecular weight excluding hydrogens is 444 g/mol. The molecule has 0 saturated heterocycles. The number of thiol groups is 1. The van der Waals surface area contributed by atoms with Crippen molar-refractivity contribution in [3.63, 3.8) is 0 Å². The zero-order valence-electron chi connectivity index (χ0n) is 18.0. The van der Waals surface area contributed by atoms with Crippen LogP contribution in [0.25, 0.3) is 0 Å². The molecule has 1 aliphatic rings. The summed E-state index contributed by atoms with van der Waals surface area (Å²) in [5, 5.41) is 12.4. The molecule has 1 rings (SSSR count). The van der Waals surface area contributed by atoms with Crippen LogP contribution in [0.5, 0.6) is 0 Å². The van der Waals surface area contributed by atoms with Gasteiger partial charge >= 0.3 is 0 Å². The summed E-state index contributed by atoms with van der Waals surface area (Å²) in [6, 6.07) is -0.375. The molecule has 176 valence electrons. The highest BCUT2D eigenvalue weighted by Gasteiger charge is 2.24. The van der Waals surface area contributed by atoms with E-state index >= 15 is 0 Å². The fourth-order valence-corrected chi connectivity index (χ4v) is 3.69. The van der Waals surface area contributed by atoms with Crippen LogP contribution in [0.1, 0.15) is 33.1 Å². The van der Waals surface area contributed by atoms with Crippen LogP contribution >= 0.6 is 23.1 Å². The second kappa shape index (κ2) is 16.2. The zero-order valence-corrected chi connectivity index (χ0v) is 19.7. The molecule has 1 aliphatic heterocycles. The van der Waals surface area contributed by atoms with E-state index in [4.69, 9.17) is 9.47 Å². The van der Waals surface area contributed by atoms with Crippen LogP contribution in [0, 0.1) is 0 Å². The van der Waals surface area contributed by atoms with Gasteiger partial charge < -0.3 is 19.9 Å². The Bertz CT molecular complexity index is 660. The summed E-state index contributed by atoms with van der Waals surface area (Å²) < 4.78 is 11.2. The molecule has 0 aliphatic carbocycles. The second-order valence-electron chi connectivity index (χ2n) is 6.80. The molecule has 0 aromatic rings. The standard InChI is InChI=1S/C20H32N2O7S2/c1-15(23)30-11-3-9-28-13-17(14-29-10-4-12-31-16(2)24)21-18(25)7-8-22-19(26)5-6-20(22)27/h5-6,17,23,30H,3-4,7-14H2,1-2H3,(H,21,25). The lowest BCUT2D eigenvalue weighted by atomic mass is 10.3. The number of nitrogens with zero attached hydrogens (tertiary/aromatic N) is 1. The van der Waals surface area contributed by atoms with Gasteiger partial charge in [0.15, 0.2) is 5.12 Å². The lowest BCUT2D eigenvalue weighted by Crippen LogP contribution is -2.43. The Morgan fingerprint density at radius 3 is 2.32 bits per heavy atom. The maximum Gasteiger partial charge on any atom is 0.253 e. The van der Waals surface area contributed by atoms with E-state index in [1.807, 2.05) is 0 Å². The van der Waals surface area contributed by atoms with Crippen molar-refractivity contribution in [3.8, 4) is 0 Å². The number of carbonyl (C=O) groups excluding carboxylic acids is 4. The van der Waals surface area contributed by atoms with Gasteiger partial charge in [-0.05, 0) is 25.5 Å². The van der Waals surface area contributed by atoms with Gasteiger partial charge in [0, 0.05) is 51.0 Å². The van der Waals surface area contributed by atoms with E-state index in [0.29, 0.717) is 30.4 Å². The SMILES string of the molecule is CC(=O)SCCCOCC(COCCC[SH]=C(C)O)NC(=O)CCN1C(=O)C=CC1=O.